The van der Waals surface area contributed by atoms with E-state index in [0.717, 1.165) is 9.87 Å². The van der Waals surface area contributed by atoms with Crippen molar-refractivity contribution in [2.24, 2.45) is 0 Å². The van der Waals surface area contributed by atoms with E-state index < -0.39 is 16.1 Å². The van der Waals surface area contributed by atoms with Gasteiger partial charge in [0.05, 0.1) is 7.11 Å². The smallest absolute Gasteiger partial charge is 0.265 e. The summed E-state index contributed by atoms with van der Waals surface area (Å²) in [6.07, 6.45) is -0.176. The Morgan fingerprint density at radius 2 is 1.96 bits per heavy atom. The van der Waals surface area contributed by atoms with Crippen molar-refractivity contribution in [2.45, 2.75) is 17.4 Å². The van der Waals surface area contributed by atoms with Crippen LogP contribution >= 0.6 is 0 Å². The van der Waals surface area contributed by atoms with Gasteiger partial charge in [0.15, 0.2) is 6.10 Å². The van der Waals surface area contributed by atoms with Crippen LogP contribution in [-0.4, -0.2) is 45.9 Å². The summed E-state index contributed by atoms with van der Waals surface area (Å²) in [6.45, 7) is 0. The maximum atomic E-state index is 12.5. The number of para-hydroxylation sites is 1. The fourth-order valence-electron chi connectivity index (χ4n) is 2.70. The number of nitrogens with one attached hydrogen (secondary N) is 1. The maximum absolute atomic E-state index is 12.5. The number of anilines is 1. The van der Waals surface area contributed by atoms with Crippen molar-refractivity contribution in [3.05, 3.63) is 48.0 Å². The number of benzene rings is 2. The molecule has 26 heavy (non-hydrogen) atoms. The molecule has 1 amide bonds. The summed E-state index contributed by atoms with van der Waals surface area (Å²) in [5, 5.41) is 2.72. The monoisotopic (exact) mass is 376 g/mol. The summed E-state index contributed by atoms with van der Waals surface area (Å²) in [5.41, 5.74) is 1.33. The minimum atomic E-state index is -3.71. The van der Waals surface area contributed by atoms with Crippen molar-refractivity contribution < 1.29 is 22.7 Å². The zero-order valence-corrected chi connectivity index (χ0v) is 15.5. The Morgan fingerprint density at radius 3 is 2.62 bits per heavy atom. The molecule has 0 bridgehead atoms. The van der Waals surface area contributed by atoms with Gasteiger partial charge in [0.1, 0.15) is 16.4 Å². The van der Waals surface area contributed by atoms with Crippen molar-refractivity contribution in [1.82, 2.24) is 4.31 Å². The highest BCUT2D eigenvalue weighted by atomic mass is 32.2. The number of amides is 1. The number of nitrogens with zero attached hydrogens (tertiary/aromatic N) is 1. The van der Waals surface area contributed by atoms with Gasteiger partial charge in [-0.1, -0.05) is 18.2 Å². The second kappa shape index (κ2) is 6.97. The van der Waals surface area contributed by atoms with Gasteiger partial charge in [-0.3, -0.25) is 4.79 Å². The van der Waals surface area contributed by atoms with Crippen molar-refractivity contribution in [1.29, 1.82) is 0 Å². The zero-order valence-electron chi connectivity index (χ0n) is 14.7. The minimum Gasteiger partial charge on any atom is -0.495 e. The number of ether oxygens (including phenoxy) is 2. The number of sulfonamides is 1. The summed E-state index contributed by atoms with van der Waals surface area (Å²) in [7, 11) is 0.548. The highest BCUT2D eigenvalue weighted by Gasteiger charge is 2.29. The Morgan fingerprint density at radius 1 is 1.23 bits per heavy atom. The zero-order chi connectivity index (χ0) is 18.9. The van der Waals surface area contributed by atoms with E-state index in [1.54, 1.807) is 6.07 Å². The first-order valence-electron chi connectivity index (χ1n) is 7.99. The molecule has 1 aliphatic heterocycles. The van der Waals surface area contributed by atoms with Gasteiger partial charge in [-0.25, -0.2) is 12.7 Å². The predicted molar refractivity (Wildman–Crippen MR) is 97.1 cm³/mol. The third kappa shape index (κ3) is 3.38. The first-order valence-corrected chi connectivity index (χ1v) is 9.43. The van der Waals surface area contributed by atoms with Crippen LogP contribution in [0.25, 0.3) is 0 Å². The number of hydrogen-bond donors (Lipinski definition) is 1. The number of methoxy groups -OCH3 is 1. The fraction of sp³-hybridized carbons (Fsp3) is 0.278. The third-order valence-electron chi connectivity index (χ3n) is 4.13. The Kier molecular flexibility index (Phi) is 4.88. The van der Waals surface area contributed by atoms with Crippen molar-refractivity contribution in [3.63, 3.8) is 0 Å². The van der Waals surface area contributed by atoms with E-state index in [4.69, 9.17) is 9.47 Å². The van der Waals surface area contributed by atoms with Crippen LogP contribution in [0.5, 0.6) is 11.5 Å². The number of carbonyl (C=O) groups excluding carboxylic acids is 1. The number of rotatable bonds is 5. The van der Waals surface area contributed by atoms with Crippen molar-refractivity contribution >= 4 is 21.6 Å². The number of carbonyl (C=O) groups is 1. The molecule has 8 heteroatoms. The van der Waals surface area contributed by atoms with Crippen LogP contribution in [-0.2, 0) is 21.2 Å². The van der Waals surface area contributed by atoms with E-state index in [1.165, 1.54) is 33.3 Å². The van der Waals surface area contributed by atoms with Gasteiger partial charge in [0.2, 0.25) is 10.0 Å². The number of hydrogen-bond acceptors (Lipinski definition) is 5. The lowest BCUT2D eigenvalue weighted by molar-refractivity contribution is -0.122. The van der Waals surface area contributed by atoms with Gasteiger partial charge >= 0.3 is 0 Å². The molecule has 0 radical (unpaired) electrons. The molecule has 0 fully saturated rings. The largest absolute Gasteiger partial charge is 0.495 e. The van der Waals surface area contributed by atoms with Gasteiger partial charge in [-0.15, -0.1) is 0 Å². The Labute approximate surface area is 152 Å². The molecule has 1 heterocycles. The molecule has 0 spiro atoms. The second-order valence-electron chi connectivity index (χ2n) is 6.06. The van der Waals surface area contributed by atoms with E-state index in [1.807, 2.05) is 24.3 Å². The first-order chi connectivity index (χ1) is 12.3. The van der Waals surface area contributed by atoms with Crippen LogP contribution in [0.3, 0.4) is 0 Å². The quantitative estimate of drug-likeness (QED) is 0.861. The lowest BCUT2D eigenvalue weighted by Crippen LogP contribution is -2.31. The van der Waals surface area contributed by atoms with Crippen molar-refractivity contribution in [3.8, 4) is 11.5 Å². The van der Waals surface area contributed by atoms with Gasteiger partial charge < -0.3 is 14.8 Å². The summed E-state index contributed by atoms with van der Waals surface area (Å²) in [4.78, 5) is 12.5. The molecule has 138 valence electrons. The van der Waals surface area contributed by atoms with E-state index in [0.29, 0.717) is 17.9 Å². The SMILES string of the molecule is COc1ccc(NC(=O)[C@@H]2Cc3ccccc3O2)cc1S(=O)(=O)N(C)C. The average Bonchev–Trinajstić information content (AvgIpc) is 3.06. The molecule has 2 aromatic carbocycles. The first kappa shape index (κ1) is 18.2. The highest BCUT2D eigenvalue weighted by molar-refractivity contribution is 7.89. The standard InChI is InChI=1S/C18H20N2O5S/c1-20(2)26(22,23)17-11-13(8-9-15(17)24-3)19-18(21)16-10-12-6-4-5-7-14(12)25-16/h4-9,11,16H,10H2,1-3H3,(H,19,21)/t16-/m0/s1. The lowest BCUT2D eigenvalue weighted by Gasteiger charge is -2.16. The summed E-state index contributed by atoms with van der Waals surface area (Å²) < 4.78 is 36.8. The van der Waals surface area contributed by atoms with Gasteiger partial charge in [-0.05, 0) is 29.8 Å². The molecule has 0 saturated carbocycles. The Bertz CT molecular complexity index is 915. The molecule has 3 rings (SSSR count). The minimum absolute atomic E-state index is 0.0153. The molecule has 0 unspecified atom stereocenters. The predicted octanol–water partition coefficient (Wildman–Crippen LogP) is 1.89. The fourth-order valence-corrected chi connectivity index (χ4v) is 3.78. The van der Waals surface area contributed by atoms with Crippen LogP contribution in [0.4, 0.5) is 5.69 Å². The molecular formula is C18H20N2O5S. The molecule has 0 aliphatic carbocycles. The molecule has 0 aromatic heterocycles. The van der Waals surface area contributed by atoms with E-state index >= 15 is 0 Å². The summed E-state index contributed by atoms with van der Waals surface area (Å²) in [5.74, 6) is 0.569. The average molecular weight is 376 g/mol. The summed E-state index contributed by atoms with van der Waals surface area (Å²) in [6, 6.07) is 12.0. The second-order valence-corrected chi connectivity index (χ2v) is 8.18. The van der Waals surface area contributed by atoms with Gasteiger partial charge in [0, 0.05) is 26.2 Å². The molecule has 1 atom stereocenters. The van der Waals surface area contributed by atoms with Gasteiger partial charge in [-0.2, -0.15) is 0 Å². The lowest BCUT2D eigenvalue weighted by atomic mass is 10.1. The topological polar surface area (TPSA) is 84.9 Å². The third-order valence-corrected chi connectivity index (χ3v) is 5.97. The summed E-state index contributed by atoms with van der Waals surface area (Å²) >= 11 is 0. The molecule has 2 aromatic rings. The van der Waals surface area contributed by atoms with Crippen LogP contribution < -0.4 is 14.8 Å². The Hall–Kier alpha value is -2.58. The van der Waals surface area contributed by atoms with Crippen LogP contribution in [0.15, 0.2) is 47.4 Å². The van der Waals surface area contributed by atoms with Crippen LogP contribution in [0, 0.1) is 0 Å². The normalized spacial score (nSPS) is 16.1. The molecule has 0 saturated heterocycles. The van der Waals surface area contributed by atoms with Crippen LogP contribution in [0.2, 0.25) is 0 Å². The van der Waals surface area contributed by atoms with E-state index in [9.17, 15) is 13.2 Å². The number of fused-ring (bicyclic) bond motifs is 1. The van der Waals surface area contributed by atoms with Crippen molar-refractivity contribution in [2.75, 3.05) is 26.5 Å². The van der Waals surface area contributed by atoms with E-state index in [-0.39, 0.29) is 16.6 Å². The van der Waals surface area contributed by atoms with Crippen LogP contribution in [0.1, 0.15) is 5.56 Å². The molecular weight excluding hydrogens is 356 g/mol. The highest BCUT2D eigenvalue weighted by Crippen LogP contribution is 2.31. The Balaban J connectivity index is 1.82. The maximum Gasteiger partial charge on any atom is 0.265 e. The molecule has 1 aliphatic rings. The molecule has 1 N–H and O–H groups in total. The van der Waals surface area contributed by atoms with Gasteiger partial charge in [0.25, 0.3) is 5.91 Å². The molecule has 7 nitrogen and oxygen atoms in total. The van der Waals surface area contributed by atoms with E-state index in [2.05, 4.69) is 5.32 Å².